The number of fused-ring (bicyclic) bond motifs is 2. The van der Waals surface area contributed by atoms with Crippen LogP contribution in [0.25, 0.3) is 22.4 Å². The van der Waals surface area contributed by atoms with E-state index in [1.165, 1.54) is 11.1 Å². The Labute approximate surface area is 203 Å². The van der Waals surface area contributed by atoms with E-state index < -0.39 is 5.92 Å². The number of aldehydes is 1. The summed E-state index contributed by atoms with van der Waals surface area (Å²) in [5.41, 5.74) is 7.63. The SMILES string of the molecule is O=CC1c2ccccc2Oc2ccc(-c3ccc(Nc4cccc(-c5ccccc5)c4)cc3)nc21. The zero-order valence-corrected chi connectivity index (χ0v) is 18.9. The van der Waals surface area contributed by atoms with Gasteiger partial charge in [-0.2, -0.15) is 0 Å². The minimum absolute atomic E-state index is 0.437. The molecule has 4 aromatic carbocycles. The van der Waals surface area contributed by atoms with Gasteiger partial charge in [0.15, 0.2) is 0 Å². The van der Waals surface area contributed by atoms with E-state index >= 15 is 0 Å². The number of benzene rings is 4. The fourth-order valence-corrected chi connectivity index (χ4v) is 4.46. The molecular formula is C31H22N2O2. The van der Waals surface area contributed by atoms with Crippen LogP contribution in [0.2, 0.25) is 0 Å². The summed E-state index contributed by atoms with van der Waals surface area (Å²) in [6.45, 7) is 0. The summed E-state index contributed by atoms with van der Waals surface area (Å²) in [6.07, 6.45) is 0.938. The fraction of sp³-hybridized carbons (Fsp3) is 0.0323. The van der Waals surface area contributed by atoms with Gasteiger partial charge in [-0.05, 0) is 53.6 Å². The maximum Gasteiger partial charge on any atom is 0.150 e. The van der Waals surface area contributed by atoms with Gasteiger partial charge >= 0.3 is 0 Å². The monoisotopic (exact) mass is 454 g/mol. The maximum absolute atomic E-state index is 12.0. The predicted molar refractivity (Wildman–Crippen MR) is 139 cm³/mol. The molecule has 0 bridgehead atoms. The van der Waals surface area contributed by atoms with Gasteiger partial charge in [0, 0.05) is 22.5 Å². The molecule has 4 heteroatoms. The van der Waals surface area contributed by atoms with Crippen molar-refractivity contribution in [1.29, 1.82) is 0 Å². The molecule has 6 rings (SSSR count). The van der Waals surface area contributed by atoms with Crippen molar-refractivity contribution in [2.75, 3.05) is 5.32 Å². The lowest BCUT2D eigenvalue weighted by Gasteiger charge is -2.24. The maximum atomic E-state index is 12.0. The summed E-state index contributed by atoms with van der Waals surface area (Å²) < 4.78 is 6.00. The number of para-hydroxylation sites is 1. The number of anilines is 2. The van der Waals surface area contributed by atoms with E-state index in [0.717, 1.165) is 34.5 Å². The first-order valence-corrected chi connectivity index (χ1v) is 11.5. The minimum atomic E-state index is -0.437. The highest BCUT2D eigenvalue weighted by atomic mass is 16.5. The third-order valence-electron chi connectivity index (χ3n) is 6.23. The zero-order chi connectivity index (χ0) is 23.6. The number of hydrogen-bond acceptors (Lipinski definition) is 4. The van der Waals surface area contributed by atoms with Gasteiger partial charge in [-0.25, -0.2) is 4.98 Å². The van der Waals surface area contributed by atoms with Crippen LogP contribution in [0, 0.1) is 0 Å². The van der Waals surface area contributed by atoms with Gasteiger partial charge < -0.3 is 14.8 Å². The highest BCUT2D eigenvalue weighted by molar-refractivity contribution is 5.75. The normalized spacial score (nSPS) is 13.8. The second kappa shape index (κ2) is 8.92. The van der Waals surface area contributed by atoms with Gasteiger partial charge in [0.25, 0.3) is 0 Å². The third kappa shape index (κ3) is 4.06. The van der Waals surface area contributed by atoms with E-state index in [9.17, 15) is 4.79 Å². The van der Waals surface area contributed by atoms with Crippen molar-refractivity contribution in [3.8, 4) is 33.9 Å². The lowest BCUT2D eigenvalue weighted by molar-refractivity contribution is -0.108. The summed E-state index contributed by atoms with van der Waals surface area (Å²) in [5.74, 6) is 0.896. The first kappa shape index (κ1) is 20.9. The van der Waals surface area contributed by atoms with Crippen molar-refractivity contribution in [2.24, 2.45) is 0 Å². The topological polar surface area (TPSA) is 51.2 Å². The van der Waals surface area contributed by atoms with E-state index in [-0.39, 0.29) is 0 Å². The van der Waals surface area contributed by atoms with Crippen LogP contribution in [-0.4, -0.2) is 11.3 Å². The number of ether oxygens (including phenoxy) is 1. The molecule has 0 radical (unpaired) electrons. The molecule has 5 aromatic rings. The molecule has 0 amide bonds. The molecule has 0 fully saturated rings. The molecule has 4 nitrogen and oxygen atoms in total. The fourth-order valence-electron chi connectivity index (χ4n) is 4.46. The van der Waals surface area contributed by atoms with Crippen molar-refractivity contribution in [1.82, 2.24) is 4.98 Å². The molecular weight excluding hydrogens is 432 g/mol. The van der Waals surface area contributed by atoms with Crippen molar-refractivity contribution >= 4 is 17.7 Å². The summed E-state index contributed by atoms with van der Waals surface area (Å²) in [5, 5.41) is 3.48. The van der Waals surface area contributed by atoms with E-state index in [0.29, 0.717) is 17.2 Å². The summed E-state index contributed by atoms with van der Waals surface area (Å²) in [7, 11) is 0. The second-order valence-electron chi connectivity index (χ2n) is 8.48. The van der Waals surface area contributed by atoms with Gasteiger partial charge in [-0.3, -0.25) is 0 Å². The lowest BCUT2D eigenvalue weighted by Crippen LogP contribution is -2.13. The number of nitrogens with one attached hydrogen (secondary N) is 1. The molecule has 1 atom stereocenters. The Hall–Kier alpha value is -4.70. The largest absolute Gasteiger partial charge is 0.455 e. The molecule has 1 aliphatic heterocycles. The number of carbonyl (C=O) groups excluding carboxylic acids is 1. The number of nitrogens with zero attached hydrogens (tertiary/aromatic N) is 1. The number of rotatable bonds is 5. The second-order valence-corrected chi connectivity index (χ2v) is 8.48. The Kier molecular flexibility index (Phi) is 5.32. The first-order chi connectivity index (χ1) is 17.3. The van der Waals surface area contributed by atoms with Gasteiger partial charge in [0.1, 0.15) is 17.8 Å². The van der Waals surface area contributed by atoms with Crippen LogP contribution in [0.5, 0.6) is 11.5 Å². The Morgan fingerprint density at radius 2 is 1.43 bits per heavy atom. The summed E-state index contributed by atoms with van der Waals surface area (Å²) in [4.78, 5) is 16.8. The van der Waals surface area contributed by atoms with Crippen molar-refractivity contribution in [3.63, 3.8) is 0 Å². The molecule has 0 spiro atoms. The summed E-state index contributed by atoms with van der Waals surface area (Å²) >= 11 is 0. The van der Waals surface area contributed by atoms with Crippen LogP contribution in [0.3, 0.4) is 0 Å². The molecule has 0 saturated heterocycles. The van der Waals surface area contributed by atoms with Gasteiger partial charge in [-0.1, -0.05) is 72.8 Å². The molecule has 2 heterocycles. The van der Waals surface area contributed by atoms with Gasteiger partial charge in [0.05, 0.1) is 17.3 Å². The number of carbonyl (C=O) groups is 1. The first-order valence-electron chi connectivity index (χ1n) is 11.5. The molecule has 0 aliphatic carbocycles. The van der Waals surface area contributed by atoms with Gasteiger partial charge in [-0.15, -0.1) is 0 Å². The van der Waals surface area contributed by atoms with Gasteiger partial charge in [0.2, 0.25) is 0 Å². The minimum Gasteiger partial charge on any atom is -0.455 e. The van der Waals surface area contributed by atoms with E-state index in [2.05, 4.69) is 41.7 Å². The molecule has 1 aliphatic rings. The zero-order valence-electron chi connectivity index (χ0n) is 18.9. The Balaban J connectivity index is 1.25. The van der Waals surface area contributed by atoms with E-state index in [1.54, 1.807) is 0 Å². The Morgan fingerprint density at radius 3 is 2.26 bits per heavy atom. The van der Waals surface area contributed by atoms with Crippen molar-refractivity contribution in [3.05, 3.63) is 127 Å². The van der Waals surface area contributed by atoms with E-state index in [1.807, 2.05) is 78.9 Å². The van der Waals surface area contributed by atoms with Crippen molar-refractivity contribution in [2.45, 2.75) is 5.92 Å². The molecule has 168 valence electrons. The highest BCUT2D eigenvalue weighted by Crippen LogP contribution is 2.42. The average molecular weight is 455 g/mol. The molecule has 1 N–H and O–H groups in total. The third-order valence-corrected chi connectivity index (χ3v) is 6.23. The van der Waals surface area contributed by atoms with Crippen LogP contribution in [0.15, 0.2) is 115 Å². The number of hydrogen-bond donors (Lipinski definition) is 1. The Bertz CT molecular complexity index is 1510. The van der Waals surface area contributed by atoms with Crippen molar-refractivity contribution < 1.29 is 9.53 Å². The average Bonchev–Trinajstić information content (AvgIpc) is 2.92. The lowest BCUT2D eigenvalue weighted by atomic mass is 9.92. The molecule has 1 aromatic heterocycles. The molecule has 0 saturated carbocycles. The Morgan fingerprint density at radius 1 is 0.657 bits per heavy atom. The molecule has 35 heavy (non-hydrogen) atoms. The number of pyridine rings is 1. The predicted octanol–water partition coefficient (Wildman–Crippen LogP) is 7.60. The smallest absolute Gasteiger partial charge is 0.150 e. The van der Waals surface area contributed by atoms with E-state index in [4.69, 9.17) is 9.72 Å². The number of aromatic nitrogens is 1. The van der Waals surface area contributed by atoms with Crippen LogP contribution < -0.4 is 10.1 Å². The van der Waals surface area contributed by atoms with Crippen LogP contribution in [0.4, 0.5) is 11.4 Å². The molecule has 1 unspecified atom stereocenters. The quantitative estimate of drug-likeness (QED) is 0.278. The van der Waals surface area contributed by atoms with Crippen LogP contribution >= 0.6 is 0 Å². The standard InChI is InChI=1S/C31H22N2O2/c34-20-27-26-11-4-5-12-29(26)35-30-18-17-28(33-31(27)30)22-13-15-24(16-14-22)32-25-10-6-9-23(19-25)21-7-2-1-3-8-21/h1-20,27,32H. The van der Waals surface area contributed by atoms with Crippen LogP contribution in [-0.2, 0) is 4.79 Å². The highest BCUT2D eigenvalue weighted by Gasteiger charge is 2.28. The van der Waals surface area contributed by atoms with Crippen LogP contribution in [0.1, 0.15) is 17.2 Å². The summed E-state index contributed by atoms with van der Waals surface area (Å²) in [6, 6.07) is 38.3.